The molecule has 1 aliphatic heterocycles. The summed E-state index contributed by atoms with van der Waals surface area (Å²) in [6.07, 6.45) is 3.67. The standard InChI is InChI=1S/C24H27N3O3/c1-14-10-19(16(3)26-21-7-4-8-25-23(21)24(28)29)20-12-18(15(2)27-22(20)11-14)17-6-5-9-30-13-17/h4,7-8,10-12,16-17,26H,5-6,9,13H2,1-3H3,(H,28,29)/t16-,17+/m0/s1. The quantitative estimate of drug-likeness (QED) is 0.621. The number of aromatic nitrogens is 2. The van der Waals surface area contributed by atoms with Crippen molar-refractivity contribution < 1.29 is 14.6 Å². The second-order valence-electron chi connectivity index (χ2n) is 8.07. The summed E-state index contributed by atoms with van der Waals surface area (Å²) in [7, 11) is 0. The van der Waals surface area contributed by atoms with Crippen molar-refractivity contribution in [2.24, 2.45) is 0 Å². The lowest BCUT2D eigenvalue weighted by Gasteiger charge is -2.25. The van der Waals surface area contributed by atoms with Crippen molar-refractivity contribution in [1.82, 2.24) is 9.97 Å². The van der Waals surface area contributed by atoms with Gasteiger partial charge >= 0.3 is 5.97 Å². The Kier molecular flexibility index (Phi) is 5.68. The Morgan fingerprint density at radius 2 is 2.13 bits per heavy atom. The van der Waals surface area contributed by atoms with E-state index in [1.807, 2.05) is 6.92 Å². The van der Waals surface area contributed by atoms with Crippen LogP contribution in [0, 0.1) is 13.8 Å². The number of ether oxygens (including phenoxy) is 1. The van der Waals surface area contributed by atoms with E-state index in [-0.39, 0.29) is 11.7 Å². The molecule has 0 spiro atoms. The lowest BCUT2D eigenvalue weighted by atomic mass is 9.89. The summed E-state index contributed by atoms with van der Waals surface area (Å²) in [5.41, 5.74) is 6.00. The van der Waals surface area contributed by atoms with Crippen LogP contribution in [0.4, 0.5) is 5.69 Å². The van der Waals surface area contributed by atoms with Gasteiger partial charge in [0.2, 0.25) is 0 Å². The predicted molar refractivity (Wildman–Crippen MR) is 117 cm³/mol. The fourth-order valence-corrected chi connectivity index (χ4v) is 4.32. The average molecular weight is 405 g/mol. The predicted octanol–water partition coefficient (Wildman–Crippen LogP) is 5.01. The summed E-state index contributed by atoms with van der Waals surface area (Å²) in [6, 6.07) is 9.88. The molecule has 1 fully saturated rings. The van der Waals surface area contributed by atoms with Crippen LogP contribution in [-0.4, -0.2) is 34.3 Å². The monoisotopic (exact) mass is 405 g/mol. The first-order chi connectivity index (χ1) is 14.4. The van der Waals surface area contributed by atoms with Crippen LogP contribution < -0.4 is 5.32 Å². The number of nitrogens with zero attached hydrogens (tertiary/aromatic N) is 2. The van der Waals surface area contributed by atoms with Gasteiger partial charge in [-0.1, -0.05) is 6.07 Å². The van der Waals surface area contributed by atoms with E-state index in [9.17, 15) is 9.90 Å². The van der Waals surface area contributed by atoms with Gasteiger partial charge in [-0.2, -0.15) is 0 Å². The van der Waals surface area contributed by atoms with E-state index < -0.39 is 5.97 Å². The molecule has 2 N–H and O–H groups in total. The Morgan fingerprint density at radius 1 is 1.30 bits per heavy atom. The number of aryl methyl sites for hydroxylation is 2. The van der Waals surface area contributed by atoms with E-state index >= 15 is 0 Å². The third kappa shape index (κ3) is 4.00. The molecule has 0 radical (unpaired) electrons. The highest BCUT2D eigenvalue weighted by Crippen LogP contribution is 2.34. The van der Waals surface area contributed by atoms with Crippen molar-refractivity contribution >= 4 is 22.6 Å². The molecule has 6 heteroatoms. The number of benzene rings is 1. The number of anilines is 1. The average Bonchev–Trinajstić information content (AvgIpc) is 2.73. The first-order valence-corrected chi connectivity index (χ1v) is 10.4. The summed E-state index contributed by atoms with van der Waals surface area (Å²) in [5, 5.41) is 13.9. The van der Waals surface area contributed by atoms with Crippen molar-refractivity contribution in [2.45, 2.75) is 45.6 Å². The SMILES string of the molecule is Cc1cc([C@H](C)Nc2cccnc2C(=O)O)c2cc([C@@H]3CCCOC3)c(C)nc2c1. The molecule has 2 aromatic heterocycles. The third-order valence-corrected chi connectivity index (χ3v) is 5.79. The molecular formula is C24H27N3O3. The maximum atomic E-state index is 11.5. The lowest BCUT2D eigenvalue weighted by molar-refractivity contribution is 0.0691. The highest BCUT2D eigenvalue weighted by Gasteiger charge is 2.21. The van der Waals surface area contributed by atoms with Crippen molar-refractivity contribution in [3.63, 3.8) is 0 Å². The Bertz CT molecular complexity index is 1090. The first kappa shape index (κ1) is 20.3. The summed E-state index contributed by atoms with van der Waals surface area (Å²) in [4.78, 5) is 20.5. The number of carbonyl (C=O) groups is 1. The molecule has 0 bridgehead atoms. The second kappa shape index (κ2) is 8.40. The lowest BCUT2D eigenvalue weighted by Crippen LogP contribution is -2.17. The van der Waals surface area contributed by atoms with E-state index in [0.29, 0.717) is 11.6 Å². The molecule has 3 aromatic rings. The van der Waals surface area contributed by atoms with E-state index in [1.165, 1.54) is 11.8 Å². The van der Waals surface area contributed by atoms with Crippen LogP contribution in [0.15, 0.2) is 36.5 Å². The number of aromatic carboxylic acids is 1. The third-order valence-electron chi connectivity index (χ3n) is 5.79. The molecule has 0 saturated carbocycles. The maximum absolute atomic E-state index is 11.5. The zero-order chi connectivity index (χ0) is 21.3. The number of carboxylic acids is 1. The van der Waals surface area contributed by atoms with Gasteiger partial charge in [-0.05, 0) is 74.6 Å². The Hall–Kier alpha value is -2.99. The van der Waals surface area contributed by atoms with Gasteiger partial charge in [0.15, 0.2) is 5.69 Å². The molecule has 1 aromatic carbocycles. The minimum atomic E-state index is -1.05. The van der Waals surface area contributed by atoms with Crippen LogP contribution in [0.5, 0.6) is 0 Å². The van der Waals surface area contributed by atoms with Crippen LogP contribution in [-0.2, 0) is 4.74 Å². The summed E-state index contributed by atoms with van der Waals surface area (Å²) < 4.78 is 5.71. The molecule has 2 atom stereocenters. The van der Waals surface area contributed by atoms with Crippen LogP contribution in [0.3, 0.4) is 0 Å². The smallest absolute Gasteiger partial charge is 0.356 e. The highest BCUT2D eigenvalue weighted by atomic mass is 16.5. The highest BCUT2D eigenvalue weighted by molar-refractivity contribution is 5.92. The number of pyridine rings is 2. The zero-order valence-corrected chi connectivity index (χ0v) is 17.6. The number of rotatable bonds is 5. The van der Waals surface area contributed by atoms with Crippen molar-refractivity contribution in [3.05, 3.63) is 64.6 Å². The van der Waals surface area contributed by atoms with Gasteiger partial charge in [0.05, 0.1) is 17.8 Å². The summed E-state index contributed by atoms with van der Waals surface area (Å²) in [5.74, 6) is -0.679. The zero-order valence-electron chi connectivity index (χ0n) is 17.6. The Labute approximate surface area is 176 Å². The van der Waals surface area contributed by atoms with Gasteiger partial charge in [-0.25, -0.2) is 9.78 Å². The fraction of sp³-hybridized carbons (Fsp3) is 0.375. The number of hydrogen-bond donors (Lipinski definition) is 2. The van der Waals surface area contributed by atoms with Crippen LogP contribution in [0.1, 0.15) is 64.6 Å². The van der Waals surface area contributed by atoms with E-state index in [4.69, 9.17) is 9.72 Å². The number of carboxylic acid groups (broad SMARTS) is 1. The van der Waals surface area contributed by atoms with Crippen LogP contribution in [0.25, 0.3) is 10.9 Å². The Morgan fingerprint density at radius 3 is 2.87 bits per heavy atom. The molecule has 0 amide bonds. The molecule has 1 aliphatic rings. The van der Waals surface area contributed by atoms with Crippen molar-refractivity contribution in [3.8, 4) is 0 Å². The topological polar surface area (TPSA) is 84.3 Å². The molecule has 4 rings (SSSR count). The van der Waals surface area contributed by atoms with E-state index in [2.05, 4.69) is 42.3 Å². The van der Waals surface area contributed by atoms with E-state index in [0.717, 1.165) is 53.8 Å². The summed E-state index contributed by atoms with van der Waals surface area (Å²) in [6.45, 7) is 7.74. The van der Waals surface area contributed by atoms with Gasteiger partial charge in [0, 0.05) is 35.8 Å². The van der Waals surface area contributed by atoms with Gasteiger partial charge < -0.3 is 15.2 Å². The first-order valence-electron chi connectivity index (χ1n) is 10.4. The minimum Gasteiger partial charge on any atom is -0.476 e. The van der Waals surface area contributed by atoms with Gasteiger partial charge in [0.25, 0.3) is 0 Å². The molecular weight excluding hydrogens is 378 g/mol. The minimum absolute atomic E-state index is 0.0234. The molecule has 30 heavy (non-hydrogen) atoms. The summed E-state index contributed by atoms with van der Waals surface area (Å²) >= 11 is 0. The van der Waals surface area contributed by atoms with Crippen molar-refractivity contribution in [2.75, 3.05) is 18.5 Å². The normalized spacial score (nSPS) is 17.6. The largest absolute Gasteiger partial charge is 0.476 e. The number of nitrogens with one attached hydrogen (secondary N) is 1. The van der Waals surface area contributed by atoms with Gasteiger partial charge in [-0.15, -0.1) is 0 Å². The van der Waals surface area contributed by atoms with Gasteiger partial charge in [0.1, 0.15) is 0 Å². The molecule has 6 nitrogen and oxygen atoms in total. The van der Waals surface area contributed by atoms with Gasteiger partial charge in [-0.3, -0.25) is 4.98 Å². The maximum Gasteiger partial charge on any atom is 0.356 e. The molecule has 3 heterocycles. The number of fused-ring (bicyclic) bond motifs is 1. The second-order valence-corrected chi connectivity index (χ2v) is 8.07. The fourth-order valence-electron chi connectivity index (χ4n) is 4.32. The van der Waals surface area contributed by atoms with Crippen LogP contribution in [0.2, 0.25) is 0 Å². The molecule has 0 unspecified atom stereocenters. The Balaban J connectivity index is 1.76. The van der Waals surface area contributed by atoms with Crippen LogP contribution >= 0.6 is 0 Å². The van der Waals surface area contributed by atoms with E-state index in [1.54, 1.807) is 12.1 Å². The number of hydrogen-bond acceptors (Lipinski definition) is 5. The molecule has 156 valence electrons. The van der Waals surface area contributed by atoms with Crippen molar-refractivity contribution in [1.29, 1.82) is 0 Å². The molecule has 0 aliphatic carbocycles. The molecule has 1 saturated heterocycles.